The van der Waals surface area contributed by atoms with Crippen LogP contribution in [0.5, 0.6) is 5.75 Å². The summed E-state index contributed by atoms with van der Waals surface area (Å²) >= 11 is 0. The van der Waals surface area contributed by atoms with Crippen molar-refractivity contribution in [3.05, 3.63) is 89.2 Å². The zero-order valence-electron chi connectivity index (χ0n) is 13.6. The molecule has 0 unspecified atom stereocenters. The highest BCUT2D eigenvalue weighted by Gasteiger charge is 2.35. The van der Waals surface area contributed by atoms with E-state index in [1.165, 1.54) is 12.1 Å². The molecular weight excluding hydrogens is 351 g/mol. The molecule has 0 saturated carbocycles. The maximum Gasteiger partial charge on any atom is 0.426 e. The highest BCUT2D eigenvalue weighted by molar-refractivity contribution is 5.64. The van der Waals surface area contributed by atoms with Gasteiger partial charge in [0.25, 0.3) is 0 Å². The first-order valence-electron chi connectivity index (χ1n) is 7.65. The van der Waals surface area contributed by atoms with E-state index in [0.29, 0.717) is 12.1 Å². The van der Waals surface area contributed by atoms with Crippen LogP contribution in [-0.4, -0.2) is 0 Å². The molecule has 0 atom stereocenters. The highest BCUT2D eigenvalue weighted by Crippen LogP contribution is 2.34. The minimum atomic E-state index is -3.84. The van der Waals surface area contributed by atoms with Crippen molar-refractivity contribution in [3.8, 4) is 16.9 Å². The Bertz CT molecular complexity index is 895. The standard InChI is InChI=1S/C20H13F5O/c1-12-2-4-13(5-3-12)14-6-8-15(9-7-14)20(24,25)26-16-10-17(21)19(23)18(22)11-16/h2-11H,1H3. The van der Waals surface area contributed by atoms with Crippen LogP contribution >= 0.6 is 0 Å². The molecule has 3 rings (SSSR count). The summed E-state index contributed by atoms with van der Waals surface area (Å²) in [5, 5.41) is 0. The molecule has 0 aromatic heterocycles. The molecule has 3 aromatic rings. The number of aryl methyl sites for hydroxylation is 1. The second-order valence-corrected chi connectivity index (χ2v) is 5.76. The van der Waals surface area contributed by atoms with Gasteiger partial charge in [-0.05, 0) is 30.2 Å². The molecule has 6 heteroatoms. The van der Waals surface area contributed by atoms with Gasteiger partial charge in [0.1, 0.15) is 5.75 Å². The van der Waals surface area contributed by atoms with E-state index in [2.05, 4.69) is 4.74 Å². The third-order valence-electron chi connectivity index (χ3n) is 3.81. The molecule has 0 bridgehead atoms. The lowest BCUT2D eigenvalue weighted by atomic mass is 10.0. The molecule has 26 heavy (non-hydrogen) atoms. The first kappa shape index (κ1) is 17.9. The number of ether oxygens (including phenoxy) is 1. The van der Waals surface area contributed by atoms with E-state index in [-0.39, 0.29) is 0 Å². The maximum absolute atomic E-state index is 14.2. The van der Waals surface area contributed by atoms with Crippen molar-refractivity contribution in [2.75, 3.05) is 0 Å². The fourth-order valence-electron chi connectivity index (χ4n) is 2.40. The Morgan fingerprint density at radius 2 is 1.19 bits per heavy atom. The Hall–Kier alpha value is -2.89. The minimum Gasteiger partial charge on any atom is -0.429 e. The Morgan fingerprint density at radius 3 is 1.69 bits per heavy atom. The van der Waals surface area contributed by atoms with Crippen LogP contribution in [0.1, 0.15) is 11.1 Å². The van der Waals surface area contributed by atoms with Gasteiger partial charge in [0.2, 0.25) is 0 Å². The Morgan fingerprint density at radius 1 is 0.731 bits per heavy atom. The lowest BCUT2D eigenvalue weighted by Gasteiger charge is -2.19. The molecule has 1 nitrogen and oxygen atoms in total. The summed E-state index contributed by atoms with van der Waals surface area (Å²) in [5.74, 6) is -5.77. The molecule has 0 spiro atoms. The maximum atomic E-state index is 14.2. The van der Waals surface area contributed by atoms with Gasteiger partial charge in [0.05, 0.1) is 5.56 Å². The van der Waals surface area contributed by atoms with E-state index < -0.39 is 34.9 Å². The van der Waals surface area contributed by atoms with Gasteiger partial charge in [-0.2, -0.15) is 8.78 Å². The van der Waals surface area contributed by atoms with Gasteiger partial charge in [0.15, 0.2) is 17.5 Å². The smallest absolute Gasteiger partial charge is 0.426 e. The first-order chi connectivity index (χ1) is 12.3. The van der Waals surface area contributed by atoms with Gasteiger partial charge >= 0.3 is 6.11 Å². The summed E-state index contributed by atoms with van der Waals surface area (Å²) in [6, 6.07) is 13.6. The van der Waals surface area contributed by atoms with Crippen LogP contribution in [0.3, 0.4) is 0 Å². The zero-order chi connectivity index (χ0) is 18.9. The lowest BCUT2D eigenvalue weighted by molar-refractivity contribution is -0.185. The number of benzene rings is 3. The van der Waals surface area contributed by atoms with Crippen molar-refractivity contribution in [1.29, 1.82) is 0 Å². The Labute approximate surface area is 146 Å². The van der Waals surface area contributed by atoms with Gasteiger partial charge in [-0.15, -0.1) is 0 Å². The molecule has 0 aliphatic carbocycles. The molecule has 0 aliphatic heterocycles. The molecule has 0 heterocycles. The molecule has 3 aromatic carbocycles. The van der Waals surface area contributed by atoms with Crippen LogP contribution in [0.25, 0.3) is 11.1 Å². The van der Waals surface area contributed by atoms with Gasteiger partial charge in [-0.1, -0.05) is 42.0 Å². The third kappa shape index (κ3) is 3.69. The summed E-state index contributed by atoms with van der Waals surface area (Å²) < 4.78 is 72.0. The molecule has 0 aliphatic rings. The average molecular weight is 364 g/mol. The molecule has 0 saturated heterocycles. The Kier molecular flexibility index (Phi) is 4.68. The zero-order valence-corrected chi connectivity index (χ0v) is 13.6. The number of halogens is 5. The van der Waals surface area contributed by atoms with Crippen molar-refractivity contribution < 1.29 is 26.7 Å². The van der Waals surface area contributed by atoms with Crippen LogP contribution in [0.2, 0.25) is 0 Å². The van der Waals surface area contributed by atoms with Crippen LogP contribution in [0.4, 0.5) is 22.0 Å². The van der Waals surface area contributed by atoms with Crippen LogP contribution in [0, 0.1) is 24.4 Å². The van der Waals surface area contributed by atoms with Gasteiger partial charge in [0, 0.05) is 12.1 Å². The Balaban J connectivity index is 1.84. The predicted molar refractivity (Wildman–Crippen MR) is 87.5 cm³/mol. The summed E-state index contributed by atoms with van der Waals surface area (Å²) in [6.07, 6.45) is -3.84. The fraction of sp³-hybridized carbons (Fsp3) is 0.100. The van der Waals surface area contributed by atoms with E-state index >= 15 is 0 Å². The van der Waals surface area contributed by atoms with E-state index in [1.807, 2.05) is 31.2 Å². The topological polar surface area (TPSA) is 9.23 Å². The SMILES string of the molecule is Cc1ccc(-c2ccc(C(F)(F)Oc3cc(F)c(F)c(F)c3)cc2)cc1. The van der Waals surface area contributed by atoms with Crippen LogP contribution in [-0.2, 0) is 6.11 Å². The number of hydrogen-bond donors (Lipinski definition) is 0. The summed E-state index contributed by atoms with van der Waals surface area (Å²) in [5.41, 5.74) is 2.15. The molecule has 0 fully saturated rings. The number of hydrogen-bond acceptors (Lipinski definition) is 1. The van der Waals surface area contributed by atoms with Crippen molar-refractivity contribution >= 4 is 0 Å². The first-order valence-corrected chi connectivity index (χ1v) is 7.65. The van der Waals surface area contributed by atoms with Crippen molar-refractivity contribution in [3.63, 3.8) is 0 Å². The summed E-state index contributed by atoms with van der Waals surface area (Å²) in [7, 11) is 0. The molecule has 0 radical (unpaired) electrons. The minimum absolute atomic E-state index is 0.368. The van der Waals surface area contributed by atoms with E-state index in [1.54, 1.807) is 0 Å². The van der Waals surface area contributed by atoms with E-state index in [9.17, 15) is 22.0 Å². The van der Waals surface area contributed by atoms with Crippen LogP contribution in [0.15, 0.2) is 60.7 Å². The summed E-state index contributed by atoms with van der Waals surface area (Å²) in [4.78, 5) is 0. The largest absolute Gasteiger partial charge is 0.429 e. The summed E-state index contributed by atoms with van der Waals surface area (Å²) in [6.45, 7) is 1.94. The van der Waals surface area contributed by atoms with Crippen molar-refractivity contribution in [2.45, 2.75) is 13.0 Å². The monoisotopic (exact) mass is 364 g/mol. The molecule has 134 valence electrons. The number of alkyl halides is 2. The van der Waals surface area contributed by atoms with E-state index in [4.69, 9.17) is 0 Å². The molecule has 0 N–H and O–H groups in total. The van der Waals surface area contributed by atoms with Gasteiger partial charge in [-0.3, -0.25) is 0 Å². The average Bonchev–Trinajstić information content (AvgIpc) is 2.60. The second-order valence-electron chi connectivity index (χ2n) is 5.76. The van der Waals surface area contributed by atoms with E-state index in [0.717, 1.165) is 28.8 Å². The predicted octanol–water partition coefficient (Wildman–Crippen LogP) is 6.21. The molecular formula is C20H13F5O. The fourth-order valence-corrected chi connectivity index (χ4v) is 2.40. The van der Waals surface area contributed by atoms with Crippen molar-refractivity contribution in [1.82, 2.24) is 0 Å². The van der Waals surface area contributed by atoms with Crippen molar-refractivity contribution in [2.24, 2.45) is 0 Å². The number of rotatable bonds is 4. The normalized spacial score (nSPS) is 11.5. The van der Waals surface area contributed by atoms with Gasteiger partial charge in [-0.25, -0.2) is 13.2 Å². The molecule has 0 amide bonds. The van der Waals surface area contributed by atoms with Gasteiger partial charge < -0.3 is 4.74 Å². The highest BCUT2D eigenvalue weighted by atomic mass is 19.3. The lowest BCUT2D eigenvalue weighted by Crippen LogP contribution is -2.22. The second kappa shape index (κ2) is 6.78. The quantitative estimate of drug-likeness (QED) is 0.395. The third-order valence-corrected chi connectivity index (χ3v) is 3.81. The van der Waals surface area contributed by atoms with Crippen LogP contribution < -0.4 is 4.74 Å².